The Bertz CT molecular complexity index is 282. The molecule has 58 valence electrons. The maximum atomic E-state index is 5.45. The predicted molar refractivity (Wildman–Crippen MR) is 49.1 cm³/mol. The van der Waals surface area contributed by atoms with E-state index in [2.05, 4.69) is 16.8 Å². The van der Waals surface area contributed by atoms with E-state index in [1.165, 1.54) is 4.88 Å². The smallest absolute Gasteiger partial charge is 0.167 e. The number of nitrogens with zero attached hydrogens (tertiary/aromatic N) is 1. The molecule has 0 radical (unpaired) electrons. The zero-order valence-corrected chi connectivity index (χ0v) is 7.80. The highest BCUT2D eigenvalue weighted by molar-refractivity contribution is 7.12. The summed E-state index contributed by atoms with van der Waals surface area (Å²) in [5, 5.41) is 0.882. The van der Waals surface area contributed by atoms with Crippen LogP contribution >= 0.6 is 22.9 Å². The molecule has 0 N–H and O–H groups in total. The Kier molecular flexibility index (Phi) is 3.41. The van der Waals surface area contributed by atoms with Crippen LogP contribution in [0.2, 0.25) is 0 Å². The van der Waals surface area contributed by atoms with E-state index in [4.69, 9.17) is 11.6 Å². The first kappa shape index (κ1) is 8.58. The van der Waals surface area contributed by atoms with Crippen molar-refractivity contribution >= 4 is 22.9 Å². The average molecular weight is 186 g/mol. The molecule has 3 heteroatoms. The van der Waals surface area contributed by atoms with Crippen molar-refractivity contribution in [3.05, 3.63) is 16.1 Å². The molecule has 0 aliphatic heterocycles. The van der Waals surface area contributed by atoms with Gasteiger partial charge in [-0.1, -0.05) is 5.92 Å². The second kappa shape index (κ2) is 4.38. The minimum atomic E-state index is 0.595. The summed E-state index contributed by atoms with van der Waals surface area (Å²) in [6.07, 6.45) is 2.57. The maximum Gasteiger partial charge on any atom is 0.167 e. The Hall–Kier alpha value is -0.520. The monoisotopic (exact) mass is 185 g/mol. The molecule has 0 amide bonds. The molecule has 1 nitrogen and oxygen atoms in total. The normalized spacial score (nSPS) is 8.91. The van der Waals surface area contributed by atoms with Crippen molar-refractivity contribution in [2.75, 3.05) is 5.88 Å². The summed E-state index contributed by atoms with van der Waals surface area (Å²) in [7, 11) is 0. The highest BCUT2D eigenvalue weighted by Gasteiger charge is 1.90. The number of hydrogen-bond donors (Lipinski definition) is 0. The van der Waals surface area contributed by atoms with Gasteiger partial charge in [0.05, 0.1) is 0 Å². The van der Waals surface area contributed by atoms with E-state index in [0.29, 0.717) is 5.88 Å². The summed E-state index contributed by atoms with van der Waals surface area (Å²) in [4.78, 5) is 5.28. The van der Waals surface area contributed by atoms with Crippen LogP contribution in [0.3, 0.4) is 0 Å². The molecule has 0 aliphatic rings. The van der Waals surface area contributed by atoms with E-state index < -0.39 is 0 Å². The molecule has 0 spiro atoms. The summed E-state index contributed by atoms with van der Waals surface area (Å²) in [6, 6.07) is 0. The highest BCUT2D eigenvalue weighted by atomic mass is 35.5. The molecule has 0 aliphatic carbocycles. The van der Waals surface area contributed by atoms with Crippen LogP contribution in [0.15, 0.2) is 6.20 Å². The van der Waals surface area contributed by atoms with Gasteiger partial charge in [0.15, 0.2) is 5.01 Å². The summed E-state index contributed by atoms with van der Waals surface area (Å²) in [5.41, 5.74) is 0. The fourth-order valence-corrected chi connectivity index (χ4v) is 1.33. The van der Waals surface area contributed by atoms with Gasteiger partial charge in [-0.15, -0.1) is 22.9 Å². The number of aryl methyl sites for hydroxylation is 1. The molecule has 0 bridgehead atoms. The molecule has 0 saturated heterocycles. The lowest BCUT2D eigenvalue weighted by atomic mass is 10.5. The summed E-state index contributed by atoms with van der Waals surface area (Å²) in [6.45, 7) is 2.02. The maximum absolute atomic E-state index is 5.45. The molecule has 1 aromatic heterocycles. The number of hydrogen-bond acceptors (Lipinski definition) is 2. The quantitative estimate of drug-likeness (QED) is 0.484. The molecule has 0 aromatic carbocycles. The van der Waals surface area contributed by atoms with Crippen molar-refractivity contribution in [2.24, 2.45) is 0 Å². The van der Waals surface area contributed by atoms with Gasteiger partial charge in [0.2, 0.25) is 0 Å². The van der Waals surface area contributed by atoms with Crippen LogP contribution in [0, 0.1) is 18.8 Å². The van der Waals surface area contributed by atoms with Crippen molar-refractivity contribution in [1.82, 2.24) is 4.98 Å². The number of alkyl halides is 1. The molecule has 1 heterocycles. The number of thiazole rings is 1. The largest absolute Gasteiger partial charge is 0.236 e. The van der Waals surface area contributed by atoms with Gasteiger partial charge in [-0.3, -0.25) is 0 Å². The van der Waals surface area contributed by atoms with Crippen LogP contribution in [-0.4, -0.2) is 10.9 Å². The van der Waals surface area contributed by atoms with Gasteiger partial charge >= 0.3 is 0 Å². The second-order valence-electron chi connectivity index (χ2n) is 2.02. The first-order valence-corrected chi connectivity index (χ1v) is 4.65. The molecule has 0 unspecified atom stereocenters. The third kappa shape index (κ3) is 2.92. The van der Waals surface area contributed by atoms with Crippen LogP contribution in [0.25, 0.3) is 0 Å². The Labute approximate surface area is 75.4 Å². The van der Waals surface area contributed by atoms with Gasteiger partial charge in [-0.25, -0.2) is 4.98 Å². The zero-order chi connectivity index (χ0) is 8.10. The lowest BCUT2D eigenvalue weighted by Gasteiger charge is -1.75. The first-order chi connectivity index (χ1) is 5.33. The van der Waals surface area contributed by atoms with Crippen molar-refractivity contribution in [3.8, 4) is 11.8 Å². The fraction of sp³-hybridized carbons (Fsp3) is 0.375. The second-order valence-corrected chi connectivity index (χ2v) is 3.63. The number of aromatic nitrogens is 1. The fourth-order valence-electron chi connectivity index (χ4n) is 0.598. The van der Waals surface area contributed by atoms with E-state index in [0.717, 1.165) is 11.4 Å². The molecule has 0 fully saturated rings. The molecule has 11 heavy (non-hydrogen) atoms. The predicted octanol–water partition coefficient (Wildman–Crippen LogP) is 2.43. The van der Waals surface area contributed by atoms with Gasteiger partial charge in [0.25, 0.3) is 0 Å². The van der Waals surface area contributed by atoms with Crippen molar-refractivity contribution in [3.63, 3.8) is 0 Å². The van der Waals surface area contributed by atoms with Crippen LogP contribution in [0.5, 0.6) is 0 Å². The van der Waals surface area contributed by atoms with Crippen LogP contribution < -0.4 is 0 Å². The van der Waals surface area contributed by atoms with E-state index >= 15 is 0 Å². The Balaban J connectivity index is 2.59. The minimum absolute atomic E-state index is 0.595. The zero-order valence-electron chi connectivity index (χ0n) is 6.22. The summed E-state index contributed by atoms with van der Waals surface area (Å²) < 4.78 is 0. The Morgan fingerprint density at radius 2 is 2.55 bits per heavy atom. The van der Waals surface area contributed by atoms with Gasteiger partial charge < -0.3 is 0 Å². The molecule has 0 atom stereocenters. The average Bonchev–Trinajstić information content (AvgIpc) is 2.37. The van der Waals surface area contributed by atoms with Crippen LogP contribution in [0.4, 0.5) is 0 Å². The topological polar surface area (TPSA) is 12.9 Å². The van der Waals surface area contributed by atoms with Crippen LogP contribution in [-0.2, 0) is 0 Å². The molecule has 1 rings (SSSR count). The van der Waals surface area contributed by atoms with Crippen molar-refractivity contribution in [2.45, 2.75) is 13.3 Å². The van der Waals surface area contributed by atoms with Crippen molar-refractivity contribution in [1.29, 1.82) is 0 Å². The highest BCUT2D eigenvalue weighted by Crippen LogP contribution is 2.08. The van der Waals surface area contributed by atoms with E-state index in [1.807, 2.05) is 13.1 Å². The Morgan fingerprint density at radius 3 is 3.09 bits per heavy atom. The van der Waals surface area contributed by atoms with Gasteiger partial charge in [0, 0.05) is 23.4 Å². The number of rotatable bonds is 1. The first-order valence-electron chi connectivity index (χ1n) is 3.30. The molecular weight excluding hydrogens is 178 g/mol. The summed E-state index contributed by atoms with van der Waals surface area (Å²) >= 11 is 7.06. The van der Waals surface area contributed by atoms with Gasteiger partial charge in [-0.2, -0.15) is 0 Å². The number of halogens is 1. The van der Waals surface area contributed by atoms with E-state index in [9.17, 15) is 0 Å². The van der Waals surface area contributed by atoms with E-state index in [1.54, 1.807) is 11.3 Å². The lowest BCUT2D eigenvalue weighted by Crippen LogP contribution is -1.69. The molecule has 0 saturated carbocycles. The minimum Gasteiger partial charge on any atom is -0.236 e. The Morgan fingerprint density at radius 1 is 1.73 bits per heavy atom. The van der Waals surface area contributed by atoms with Crippen molar-refractivity contribution < 1.29 is 0 Å². The lowest BCUT2D eigenvalue weighted by molar-refractivity contribution is 1.28. The molecular formula is C8H8ClNS. The third-order valence-electron chi connectivity index (χ3n) is 1.04. The van der Waals surface area contributed by atoms with Crippen LogP contribution in [0.1, 0.15) is 16.3 Å². The standard InChI is InChI=1S/C8H8ClNS/c1-7-6-10-8(11-7)4-2-3-5-9/h6H,3,5H2,1H3. The molecule has 1 aromatic rings. The van der Waals surface area contributed by atoms with E-state index in [-0.39, 0.29) is 0 Å². The van der Waals surface area contributed by atoms with Gasteiger partial charge in [-0.05, 0) is 12.8 Å². The van der Waals surface area contributed by atoms with Gasteiger partial charge in [0.1, 0.15) is 0 Å². The SMILES string of the molecule is Cc1cnc(C#CCCCl)s1. The summed E-state index contributed by atoms with van der Waals surface area (Å²) in [5.74, 6) is 6.46. The third-order valence-corrected chi connectivity index (χ3v) is 2.05.